The topological polar surface area (TPSA) is 78.4 Å². The molecule has 5 heteroatoms. The second kappa shape index (κ2) is 5.75. The quantitative estimate of drug-likeness (QED) is 0.692. The number of anilines is 1. The van der Waals surface area contributed by atoms with Crippen LogP contribution in [0.15, 0.2) is 24.3 Å². The lowest BCUT2D eigenvalue weighted by Crippen LogP contribution is -2.29. The number of likely N-dealkylation sites (N-methyl/N-ethyl adjacent to an activating group) is 1. The molecule has 1 aromatic carbocycles. The maximum Gasteiger partial charge on any atom is 0.335 e. The lowest BCUT2D eigenvalue weighted by molar-refractivity contribution is -0.119. The van der Waals surface area contributed by atoms with E-state index in [2.05, 4.69) is 10.6 Å². The van der Waals surface area contributed by atoms with Crippen molar-refractivity contribution < 1.29 is 14.7 Å². The summed E-state index contributed by atoms with van der Waals surface area (Å²) in [5.74, 6) is -1.06. The smallest absolute Gasteiger partial charge is 0.335 e. The van der Waals surface area contributed by atoms with Gasteiger partial charge in [-0.25, -0.2) is 4.79 Å². The molecule has 0 spiro atoms. The molecule has 1 amide bonds. The molecular weight excluding hydrogens is 208 g/mol. The zero-order valence-electron chi connectivity index (χ0n) is 8.99. The maximum absolute atomic E-state index is 11.1. The summed E-state index contributed by atoms with van der Waals surface area (Å²) in [5, 5.41) is 14.2. The van der Waals surface area contributed by atoms with Gasteiger partial charge in [0, 0.05) is 12.2 Å². The number of aromatic carboxylic acids is 1. The fourth-order valence-corrected chi connectivity index (χ4v) is 1.17. The minimum atomic E-state index is -0.963. The van der Waals surface area contributed by atoms with E-state index in [0.717, 1.165) is 5.69 Å². The van der Waals surface area contributed by atoms with Crippen LogP contribution < -0.4 is 10.6 Å². The highest BCUT2D eigenvalue weighted by Gasteiger charge is 2.02. The van der Waals surface area contributed by atoms with Crippen LogP contribution in [0.5, 0.6) is 0 Å². The molecule has 0 aliphatic heterocycles. The molecule has 5 nitrogen and oxygen atoms in total. The van der Waals surface area contributed by atoms with Crippen LogP contribution in [0.3, 0.4) is 0 Å². The van der Waals surface area contributed by atoms with Crippen molar-refractivity contribution in [3.63, 3.8) is 0 Å². The highest BCUT2D eigenvalue weighted by molar-refractivity contribution is 5.88. The number of amides is 1. The molecule has 16 heavy (non-hydrogen) atoms. The summed E-state index contributed by atoms with van der Waals surface area (Å²) in [4.78, 5) is 21.7. The van der Waals surface area contributed by atoms with E-state index < -0.39 is 5.97 Å². The van der Waals surface area contributed by atoms with Gasteiger partial charge in [0.1, 0.15) is 0 Å². The van der Waals surface area contributed by atoms with Crippen molar-refractivity contribution in [1.82, 2.24) is 5.32 Å². The minimum Gasteiger partial charge on any atom is -0.478 e. The Labute approximate surface area is 93.5 Å². The van der Waals surface area contributed by atoms with Crippen molar-refractivity contribution in [2.45, 2.75) is 6.92 Å². The van der Waals surface area contributed by atoms with E-state index in [9.17, 15) is 9.59 Å². The second-order valence-corrected chi connectivity index (χ2v) is 3.19. The standard InChI is InChI=1S/C11H14N2O3/c1-2-12-10(14)7-13-9-5-3-8(4-6-9)11(15)16/h3-6,13H,2,7H2,1H3,(H,12,14)(H,15,16). The SMILES string of the molecule is CCNC(=O)CNc1ccc(C(=O)O)cc1. The van der Waals surface area contributed by atoms with Crippen LogP contribution >= 0.6 is 0 Å². The Bertz CT molecular complexity index is 373. The summed E-state index contributed by atoms with van der Waals surface area (Å²) >= 11 is 0. The number of rotatable bonds is 5. The predicted octanol–water partition coefficient (Wildman–Crippen LogP) is 0.933. The van der Waals surface area contributed by atoms with Gasteiger partial charge in [-0.3, -0.25) is 4.79 Å². The zero-order valence-corrected chi connectivity index (χ0v) is 8.99. The molecule has 0 saturated carbocycles. The van der Waals surface area contributed by atoms with E-state index in [1.807, 2.05) is 6.92 Å². The highest BCUT2D eigenvalue weighted by Crippen LogP contribution is 2.08. The number of carboxylic acid groups (broad SMARTS) is 1. The summed E-state index contributed by atoms with van der Waals surface area (Å²) in [6.07, 6.45) is 0. The maximum atomic E-state index is 11.1. The van der Waals surface area contributed by atoms with E-state index in [1.54, 1.807) is 12.1 Å². The molecule has 0 unspecified atom stereocenters. The number of nitrogens with one attached hydrogen (secondary N) is 2. The third-order valence-corrected chi connectivity index (χ3v) is 1.96. The summed E-state index contributed by atoms with van der Waals surface area (Å²) in [5.41, 5.74) is 0.944. The van der Waals surface area contributed by atoms with E-state index in [1.165, 1.54) is 12.1 Å². The lowest BCUT2D eigenvalue weighted by Gasteiger charge is -2.06. The van der Waals surface area contributed by atoms with Crippen molar-refractivity contribution in [3.8, 4) is 0 Å². The van der Waals surface area contributed by atoms with Gasteiger partial charge in [0.25, 0.3) is 0 Å². The zero-order chi connectivity index (χ0) is 12.0. The van der Waals surface area contributed by atoms with Gasteiger partial charge in [-0.15, -0.1) is 0 Å². The number of carbonyl (C=O) groups excluding carboxylic acids is 1. The Hall–Kier alpha value is -2.04. The van der Waals surface area contributed by atoms with Crippen molar-refractivity contribution in [2.24, 2.45) is 0 Å². The summed E-state index contributed by atoms with van der Waals surface area (Å²) in [6, 6.07) is 6.23. The number of carbonyl (C=O) groups is 2. The molecule has 0 saturated heterocycles. The fraction of sp³-hybridized carbons (Fsp3) is 0.273. The molecular formula is C11H14N2O3. The molecule has 86 valence electrons. The Morgan fingerprint density at radius 1 is 1.25 bits per heavy atom. The fourth-order valence-electron chi connectivity index (χ4n) is 1.17. The van der Waals surface area contributed by atoms with Crippen molar-refractivity contribution >= 4 is 17.6 Å². The van der Waals surface area contributed by atoms with Crippen LogP contribution in [-0.4, -0.2) is 30.1 Å². The average Bonchev–Trinajstić information content (AvgIpc) is 2.27. The third-order valence-electron chi connectivity index (χ3n) is 1.96. The Kier molecular flexibility index (Phi) is 4.32. The number of hydrogen-bond acceptors (Lipinski definition) is 3. The molecule has 0 bridgehead atoms. The van der Waals surface area contributed by atoms with E-state index >= 15 is 0 Å². The number of carboxylic acids is 1. The van der Waals surface area contributed by atoms with Crippen LogP contribution in [-0.2, 0) is 4.79 Å². The van der Waals surface area contributed by atoms with Crippen molar-refractivity contribution in [2.75, 3.05) is 18.4 Å². The molecule has 1 rings (SSSR count). The molecule has 0 heterocycles. The molecule has 0 fully saturated rings. The average molecular weight is 222 g/mol. The van der Waals surface area contributed by atoms with Crippen molar-refractivity contribution in [3.05, 3.63) is 29.8 Å². The molecule has 0 atom stereocenters. The Morgan fingerprint density at radius 3 is 2.38 bits per heavy atom. The first-order valence-corrected chi connectivity index (χ1v) is 4.97. The molecule has 0 radical (unpaired) electrons. The Morgan fingerprint density at radius 2 is 1.88 bits per heavy atom. The van der Waals surface area contributed by atoms with Gasteiger partial charge in [-0.2, -0.15) is 0 Å². The summed E-state index contributed by atoms with van der Waals surface area (Å²) in [6.45, 7) is 2.62. The first-order valence-electron chi connectivity index (χ1n) is 4.97. The normalized spacial score (nSPS) is 9.56. The van der Waals surface area contributed by atoms with E-state index in [-0.39, 0.29) is 18.0 Å². The number of hydrogen-bond donors (Lipinski definition) is 3. The number of benzene rings is 1. The lowest BCUT2D eigenvalue weighted by atomic mass is 10.2. The van der Waals surface area contributed by atoms with Gasteiger partial charge in [-0.1, -0.05) is 0 Å². The first kappa shape index (κ1) is 12.0. The van der Waals surface area contributed by atoms with Crippen molar-refractivity contribution in [1.29, 1.82) is 0 Å². The van der Waals surface area contributed by atoms with Gasteiger partial charge in [0.2, 0.25) is 5.91 Å². The molecule has 3 N–H and O–H groups in total. The van der Waals surface area contributed by atoms with Gasteiger partial charge >= 0.3 is 5.97 Å². The molecule has 0 aromatic heterocycles. The highest BCUT2D eigenvalue weighted by atomic mass is 16.4. The first-order chi connectivity index (χ1) is 7.63. The largest absolute Gasteiger partial charge is 0.478 e. The van der Waals surface area contributed by atoms with Crippen LogP contribution in [0.2, 0.25) is 0 Å². The van der Waals surface area contributed by atoms with Crippen LogP contribution in [0.1, 0.15) is 17.3 Å². The molecule has 0 aliphatic carbocycles. The van der Waals surface area contributed by atoms with Gasteiger partial charge in [0.05, 0.1) is 12.1 Å². The monoisotopic (exact) mass is 222 g/mol. The Balaban J connectivity index is 2.49. The summed E-state index contributed by atoms with van der Waals surface area (Å²) in [7, 11) is 0. The van der Waals surface area contributed by atoms with Gasteiger partial charge in [-0.05, 0) is 31.2 Å². The van der Waals surface area contributed by atoms with Gasteiger partial charge < -0.3 is 15.7 Å². The van der Waals surface area contributed by atoms with E-state index in [0.29, 0.717) is 6.54 Å². The van der Waals surface area contributed by atoms with Gasteiger partial charge in [0.15, 0.2) is 0 Å². The van der Waals surface area contributed by atoms with Crippen LogP contribution in [0, 0.1) is 0 Å². The molecule has 1 aromatic rings. The van der Waals surface area contributed by atoms with Crippen LogP contribution in [0.25, 0.3) is 0 Å². The van der Waals surface area contributed by atoms with E-state index in [4.69, 9.17) is 5.11 Å². The predicted molar refractivity (Wildman–Crippen MR) is 60.6 cm³/mol. The second-order valence-electron chi connectivity index (χ2n) is 3.19. The third kappa shape index (κ3) is 3.61. The summed E-state index contributed by atoms with van der Waals surface area (Å²) < 4.78 is 0. The van der Waals surface area contributed by atoms with Crippen LogP contribution in [0.4, 0.5) is 5.69 Å². The minimum absolute atomic E-state index is 0.0928. The molecule has 0 aliphatic rings.